The molecule has 1 N–H and O–H groups in total. The molecule has 1 saturated heterocycles. The highest BCUT2D eigenvalue weighted by atomic mass is 79.9. The van der Waals surface area contributed by atoms with Crippen molar-refractivity contribution < 1.29 is 4.79 Å². The van der Waals surface area contributed by atoms with E-state index < -0.39 is 0 Å². The zero-order valence-corrected chi connectivity index (χ0v) is 14.8. The molecule has 1 fully saturated rings. The number of rotatable bonds is 3. The molecule has 120 valence electrons. The second-order valence-electron chi connectivity index (χ2n) is 5.87. The highest BCUT2D eigenvalue weighted by Gasteiger charge is 2.14. The van der Waals surface area contributed by atoms with E-state index in [9.17, 15) is 4.79 Å². The lowest BCUT2D eigenvalue weighted by molar-refractivity contribution is 0.102. The number of benzene rings is 1. The summed E-state index contributed by atoms with van der Waals surface area (Å²) in [6.07, 6.45) is 5.42. The Balaban J connectivity index is 1.75. The number of carbonyl (C=O) groups excluding carboxylic acids is 1. The number of amides is 1. The van der Waals surface area contributed by atoms with E-state index in [-0.39, 0.29) is 5.91 Å². The number of carbonyl (C=O) groups is 1. The van der Waals surface area contributed by atoms with Gasteiger partial charge in [-0.3, -0.25) is 9.78 Å². The summed E-state index contributed by atoms with van der Waals surface area (Å²) in [7, 11) is 0. The van der Waals surface area contributed by atoms with E-state index in [1.165, 1.54) is 19.3 Å². The second-order valence-corrected chi connectivity index (χ2v) is 6.72. The first-order chi connectivity index (χ1) is 11.1. The summed E-state index contributed by atoms with van der Waals surface area (Å²) in [5.41, 5.74) is 3.42. The second kappa shape index (κ2) is 7.13. The van der Waals surface area contributed by atoms with Crippen molar-refractivity contribution >= 4 is 33.2 Å². The smallest absolute Gasteiger partial charge is 0.274 e. The zero-order chi connectivity index (χ0) is 16.2. The molecule has 1 aromatic carbocycles. The minimum Gasteiger partial charge on any atom is -0.371 e. The molecule has 1 aliphatic heterocycles. The van der Waals surface area contributed by atoms with Crippen LogP contribution < -0.4 is 10.2 Å². The summed E-state index contributed by atoms with van der Waals surface area (Å²) in [4.78, 5) is 19.0. The van der Waals surface area contributed by atoms with Gasteiger partial charge in [-0.1, -0.05) is 22.0 Å². The van der Waals surface area contributed by atoms with Crippen molar-refractivity contribution in [2.24, 2.45) is 0 Å². The number of pyridine rings is 1. The molecule has 4 nitrogen and oxygen atoms in total. The van der Waals surface area contributed by atoms with Gasteiger partial charge >= 0.3 is 0 Å². The van der Waals surface area contributed by atoms with Gasteiger partial charge in [0.05, 0.1) is 0 Å². The summed E-state index contributed by atoms with van der Waals surface area (Å²) >= 11 is 3.48. The van der Waals surface area contributed by atoms with Gasteiger partial charge < -0.3 is 10.2 Å². The van der Waals surface area contributed by atoms with Gasteiger partial charge in [0.25, 0.3) is 5.91 Å². The minimum atomic E-state index is -0.181. The number of nitrogens with one attached hydrogen (secondary N) is 1. The fourth-order valence-corrected chi connectivity index (χ4v) is 3.14. The Hall–Kier alpha value is -1.88. The van der Waals surface area contributed by atoms with Crippen LogP contribution in [0.3, 0.4) is 0 Å². The van der Waals surface area contributed by atoms with Crippen LogP contribution in [0.2, 0.25) is 0 Å². The third-order valence-corrected chi connectivity index (χ3v) is 4.98. The van der Waals surface area contributed by atoms with Gasteiger partial charge in [0.1, 0.15) is 5.69 Å². The number of piperidine rings is 1. The lowest BCUT2D eigenvalue weighted by Gasteiger charge is -2.28. The van der Waals surface area contributed by atoms with Gasteiger partial charge in [0, 0.05) is 35.1 Å². The Morgan fingerprint density at radius 2 is 1.96 bits per heavy atom. The van der Waals surface area contributed by atoms with Crippen molar-refractivity contribution in [1.82, 2.24) is 4.98 Å². The van der Waals surface area contributed by atoms with Gasteiger partial charge in [-0.25, -0.2) is 0 Å². The maximum atomic E-state index is 12.4. The lowest BCUT2D eigenvalue weighted by Crippen LogP contribution is -2.29. The van der Waals surface area contributed by atoms with Gasteiger partial charge in [-0.2, -0.15) is 0 Å². The van der Waals surface area contributed by atoms with E-state index in [4.69, 9.17) is 0 Å². The summed E-state index contributed by atoms with van der Waals surface area (Å²) in [6, 6.07) is 9.62. The van der Waals surface area contributed by atoms with Crippen molar-refractivity contribution in [2.75, 3.05) is 23.3 Å². The first-order valence-corrected chi connectivity index (χ1v) is 8.71. The fourth-order valence-electron chi connectivity index (χ4n) is 2.76. The third kappa shape index (κ3) is 3.91. The highest BCUT2D eigenvalue weighted by Crippen LogP contribution is 2.22. The first kappa shape index (κ1) is 16.0. The number of anilines is 2. The number of aromatic nitrogens is 1. The molecule has 0 radical (unpaired) electrons. The van der Waals surface area contributed by atoms with Crippen molar-refractivity contribution in [3.63, 3.8) is 0 Å². The number of hydrogen-bond acceptors (Lipinski definition) is 3. The van der Waals surface area contributed by atoms with Crippen LogP contribution in [-0.2, 0) is 0 Å². The SMILES string of the molecule is Cc1ccc(NC(=O)c2cc(N3CCCCC3)ccn2)cc1Br. The summed E-state index contributed by atoms with van der Waals surface area (Å²) in [5.74, 6) is -0.181. The van der Waals surface area contributed by atoms with Crippen molar-refractivity contribution in [1.29, 1.82) is 0 Å². The predicted molar refractivity (Wildman–Crippen MR) is 97.1 cm³/mol. The van der Waals surface area contributed by atoms with E-state index >= 15 is 0 Å². The monoisotopic (exact) mass is 373 g/mol. The molecule has 1 aromatic heterocycles. The summed E-state index contributed by atoms with van der Waals surface area (Å²) in [5, 5.41) is 2.91. The summed E-state index contributed by atoms with van der Waals surface area (Å²) < 4.78 is 0.977. The molecule has 0 atom stereocenters. The standard InChI is InChI=1S/C18H20BrN3O/c1-13-5-6-14(11-16(13)19)21-18(23)17-12-15(7-8-20-17)22-9-3-2-4-10-22/h5-8,11-12H,2-4,9-10H2,1H3,(H,21,23). The molecular weight excluding hydrogens is 354 g/mol. The molecule has 0 saturated carbocycles. The largest absolute Gasteiger partial charge is 0.371 e. The Kier molecular flexibility index (Phi) is 4.96. The van der Waals surface area contributed by atoms with Crippen LogP contribution in [0, 0.1) is 6.92 Å². The number of hydrogen-bond donors (Lipinski definition) is 1. The van der Waals surface area contributed by atoms with Gasteiger partial charge in [0.15, 0.2) is 0 Å². The quantitative estimate of drug-likeness (QED) is 0.867. The first-order valence-electron chi connectivity index (χ1n) is 7.92. The van der Waals surface area contributed by atoms with Gasteiger partial charge in [-0.05, 0) is 56.0 Å². The van der Waals surface area contributed by atoms with E-state index in [1.54, 1.807) is 6.20 Å². The molecule has 0 aliphatic carbocycles. The molecule has 2 heterocycles. The Morgan fingerprint density at radius 3 is 2.70 bits per heavy atom. The predicted octanol–water partition coefficient (Wildman–Crippen LogP) is 4.40. The van der Waals surface area contributed by atoms with Crippen LogP contribution in [0.15, 0.2) is 41.0 Å². The average molecular weight is 374 g/mol. The van der Waals surface area contributed by atoms with E-state index in [2.05, 4.69) is 31.1 Å². The lowest BCUT2D eigenvalue weighted by atomic mass is 10.1. The van der Waals surface area contributed by atoms with E-state index in [1.807, 2.05) is 37.3 Å². The Labute approximate surface area is 145 Å². The normalized spacial score (nSPS) is 14.6. The molecule has 23 heavy (non-hydrogen) atoms. The van der Waals surface area contributed by atoms with Gasteiger partial charge in [0.2, 0.25) is 0 Å². The molecular formula is C18H20BrN3O. The molecule has 1 amide bonds. The molecule has 2 aromatic rings. The van der Waals surface area contributed by atoms with Crippen LogP contribution in [0.4, 0.5) is 11.4 Å². The number of halogens is 1. The minimum absolute atomic E-state index is 0.181. The Bertz CT molecular complexity index is 711. The van der Waals surface area contributed by atoms with Crippen LogP contribution in [0.5, 0.6) is 0 Å². The molecule has 0 spiro atoms. The maximum Gasteiger partial charge on any atom is 0.274 e. The number of aryl methyl sites for hydroxylation is 1. The summed E-state index contributed by atoms with van der Waals surface area (Å²) in [6.45, 7) is 4.12. The van der Waals surface area contributed by atoms with E-state index in [0.717, 1.165) is 34.5 Å². The van der Waals surface area contributed by atoms with Gasteiger partial charge in [-0.15, -0.1) is 0 Å². The highest BCUT2D eigenvalue weighted by molar-refractivity contribution is 9.10. The molecule has 1 aliphatic rings. The van der Waals surface area contributed by atoms with Crippen LogP contribution in [0.1, 0.15) is 35.3 Å². The molecule has 3 rings (SSSR count). The number of nitrogens with zero attached hydrogens (tertiary/aromatic N) is 2. The topological polar surface area (TPSA) is 45.2 Å². The van der Waals surface area contributed by atoms with Crippen molar-refractivity contribution in [2.45, 2.75) is 26.2 Å². The maximum absolute atomic E-state index is 12.4. The third-order valence-electron chi connectivity index (χ3n) is 4.13. The molecule has 0 unspecified atom stereocenters. The van der Waals surface area contributed by atoms with Crippen LogP contribution in [-0.4, -0.2) is 24.0 Å². The molecule has 0 bridgehead atoms. The van der Waals surface area contributed by atoms with Crippen molar-refractivity contribution in [3.05, 3.63) is 52.3 Å². The van der Waals surface area contributed by atoms with Crippen LogP contribution in [0.25, 0.3) is 0 Å². The van der Waals surface area contributed by atoms with E-state index in [0.29, 0.717) is 5.69 Å². The zero-order valence-electron chi connectivity index (χ0n) is 13.2. The van der Waals surface area contributed by atoms with Crippen LogP contribution >= 0.6 is 15.9 Å². The fraction of sp³-hybridized carbons (Fsp3) is 0.333. The average Bonchev–Trinajstić information content (AvgIpc) is 2.59. The molecule has 5 heteroatoms. The Morgan fingerprint density at radius 1 is 1.17 bits per heavy atom. The van der Waals surface area contributed by atoms with Crippen molar-refractivity contribution in [3.8, 4) is 0 Å².